The van der Waals surface area contributed by atoms with E-state index in [1.807, 2.05) is 11.3 Å². The topological polar surface area (TPSA) is 30.7 Å². The van der Waals surface area contributed by atoms with Crippen molar-refractivity contribution in [2.45, 2.75) is 0 Å². The molecule has 3 aromatic heterocycles. The first kappa shape index (κ1) is 32.6. The first-order valence-electron chi connectivity index (χ1n) is 19.4. The predicted octanol–water partition coefficient (Wildman–Crippen LogP) is 10.6. The Balaban J connectivity index is 1.22. The van der Waals surface area contributed by atoms with Crippen molar-refractivity contribution in [2.75, 3.05) is 0 Å². The summed E-state index contributed by atoms with van der Waals surface area (Å²) in [4.78, 5) is 11.1. The Labute approximate surface area is 336 Å². The molecule has 0 amide bonds. The third-order valence-corrected chi connectivity index (χ3v) is 23.2. The van der Waals surface area contributed by atoms with Crippen molar-refractivity contribution in [1.29, 1.82) is 0 Å². The molecule has 12 rings (SSSR count). The molecular formula is C52H33GeN3S. The van der Waals surface area contributed by atoms with Gasteiger partial charge in [-0.2, -0.15) is 0 Å². The zero-order valence-corrected chi connectivity index (χ0v) is 33.7. The van der Waals surface area contributed by atoms with Crippen molar-refractivity contribution in [3.63, 3.8) is 0 Å². The minimum absolute atomic E-state index is 0.748. The second-order valence-corrected chi connectivity index (χ2v) is 23.7. The molecule has 1 aliphatic rings. The van der Waals surface area contributed by atoms with Crippen LogP contribution in [0.15, 0.2) is 200 Å². The summed E-state index contributed by atoms with van der Waals surface area (Å²) in [7, 11) is 0. The molecule has 0 unspecified atom stereocenters. The Morgan fingerprint density at radius 2 is 1.02 bits per heavy atom. The molecule has 0 fully saturated rings. The number of hydrogen-bond acceptors (Lipinski definition) is 3. The van der Waals surface area contributed by atoms with E-state index < -0.39 is 13.3 Å². The van der Waals surface area contributed by atoms with Gasteiger partial charge in [0.1, 0.15) is 0 Å². The molecule has 1 aliphatic heterocycles. The summed E-state index contributed by atoms with van der Waals surface area (Å²) >= 11 is -2.00. The molecule has 0 spiro atoms. The van der Waals surface area contributed by atoms with Gasteiger partial charge in [-0.3, -0.25) is 0 Å². The molecule has 0 saturated carbocycles. The third kappa shape index (κ3) is 4.78. The van der Waals surface area contributed by atoms with E-state index in [-0.39, 0.29) is 0 Å². The van der Waals surface area contributed by atoms with E-state index in [0.29, 0.717) is 0 Å². The van der Waals surface area contributed by atoms with Crippen LogP contribution in [-0.2, 0) is 0 Å². The van der Waals surface area contributed by atoms with Crippen molar-refractivity contribution >= 4 is 84.2 Å². The van der Waals surface area contributed by atoms with Gasteiger partial charge in [0.15, 0.2) is 0 Å². The summed E-state index contributed by atoms with van der Waals surface area (Å²) < 4.78 is 10.5. The van der Waals surface area contributed by atoms with Gasteiger partial charge in [0.05, 0.1) is 0 Å². The van der Waals surface area contributed by atoms with Gasteiger partial charge in [0, 0.05) is 0 Å². The molecular weight excluding hydrogens is 771 g/mol. The Bertz CT molecular complexity index is 3300. The standard InChI is InChI=1S/C52H33GeN3S/c1-5-17-34(18-6-1)50-49-51(55-52(54-50)35-19-7-2-8-20-35)41-30-29-38(31-44(41)53(49,36-21-9-3-10-22-36)37-23-11-4-12-24-37)56-45-27-15-13-25-39(45)42-32-43-40-26-14-16-28-47(40)57-48(43)33-46(42)56/h1-33H. The van der Waals surface area contributed by atoms with Gasteiger partial charge in [0.2, 0.25) is 0 Å². The summed E-state index contributed by atoms with van der Waals surface area (Å²) in [6, 6.07) is 73.5. The van der Waals surface area contributed by atoms with E-state index in [2.05, 4.69) is 205 Å². The van der Waals surface area contributed by atoms with Crippen LogP contribution >= 0.6 is 11.3 Å². The quantitative estimate of drug-likeness (QED) is 0.162. The maximum atomic E-state index is 5.57. The van der Waals surface area contributed by atoms with Crippen LogP contribution in [0.2, 0.25) is 0 Å². The molecule has 0 saturated heterocycles. The second-order valence-electron chi connectivity index (χ2n) is 14.9. The van der Waals surface area contributed by atoms with Gasteiger partial charge in [-0.1, -0.05) is 0 Å². The third-order valence-electron chi connectivity index (χ3n) is 11.9. The normalized spacial score (nSPS) is 13.1. The van der Waals surface area contributed by atoms with Crippen LogP contribution in [-0.4, -0.2) is 27.8 Å². The van der Waals surface area contributed by atoms with Crippen LogP contribution in [0.4, 0.5) is 0 Å². The molecule has 0 bridgehead atoms. The summed E-state index contributed by atoms with van der Waals surface area (Å²) in [5, 5.41) is 5.17. The van der Waals surface area contributed by atoms with Crippen molar-refractivity contribution in [2.24, 2.45) is 0 Å². The number of fused-ring (bicyclic) bond motifs is 9. The first-order valence-corrected chi connectivity index (χ1v) is 24.4. The Morgan fingerprint density at radius 1 is 0.421 bits per heavy atom. The maximum absolute atomic E-state index is 5.57. The van der Waals surface area contributed by atoms with E-state index in [1.165, 1.54) is 65.1 Å². The van der Waals surface area contributed by atoms with E-state index in [4.69, 9.17) is 9.97 Å². The molecule has 3 nitrogen and oxygen atoms in total. The molecule has 57 heavy (non-hydrogen) atoms. The molecule has 0 aliphatic carbocycles. The van der Waals surface area contributed by atoms with Gasteiger partial charge in [-0.25, -0.2) is 0 Å². The fraction of sp³-hybridized carbons (Fsp3) is 0. The summed E-state index contributed by atoms with van der Waals surface area (Å²) in [5.74, 6) is 0.748. The van der Waals surface area contributed by atoms with E-state index in [9.17, 15) is 0 Å². The molecule has 8 aromatic carbocycles. The second kappa shape index (κ2) is 12.7. The SMILES string of the molecule is c1ccc(-c2nc(-c3ccccc3)[c]3c(n2)-c2ccc(-n4c5ccccc5c5cc6c(cc54)sc4ccccc46)c[c]2[Ge]3([c]2ccccc2)[c]2ccccc2)cc1. The monoisotopic (exact) mass is 805 g/mol. The minimum atomic E-state index is -3.88. The van der Waals surface area contributed by atoms with E-state index >= 15 is 0 Å². The fourth-order valence-electron chi connectivity index (χ4n) is 9.46. The number of benzene rings is 8. The molecule has 11 aromatic rings. The molecule has 0 atom stereocenters. The van der Waals surface area contributed by atoms with Crippen LogP contribution in [0.25, 0.3) is 81.6 Å². The molecule has 0 N–H and O–H groups in total. The number of aromatic nitrogens is 3. The van der Waals surface area contributed by atoms with Crippen LogP contribution < -0.4 is 17.6 Å². The number of rotatable bonds is 5. The average Bonchev–Trinajstić information content (AvgIpc) is 3.92. The Morgan fingerprint density at radius 3 is 1.74 bits per heavy atom. The number of nitrogens with zero attached hydrogens (tertiary/aromatic N) is 3. The van der Waals surface area contributed by atoms with Crippen LogP contribution in [0.1, 0.15) is 0 Å². The van der Waals surface area contributed by atoms with Crippen molar-refractivity contribution in [3.8, 4) is 39.6 Å². The first-order chi connectivity index (χ1) is 28.3. The van der Waals surface area contributed by atoms with E-state index in [1.54, 1.807) is 0 Å². The van der Waals surface area contributed by atoms with Crippen molar-refractivity contribution in [1.82, 2.24) is 14.5 Å². The van der Waals surface area contributed by atoms with Crippen molar-refractivity contribution in [3.05, 3.63) is 200 Å². The van der Waals surface area contributed by atoms with E-state index in [0.717, 1.165) is 34.0 Å². The fourth-order valence-corrected chi connectivity index (χ4v) is 21.6. The molecule has 4 heterocycles. The summed E-state index contributed by atoms with van der Waals surface area (Å²) in [5.41, 5.74) is 8.98. The summed E-state index contributed by atoms with van der Waals surface area (Å²) in [6.45, 7) is 0. The van der Waals surface area contributed by atoms with Gasteiger partial charge in [0.25, 0.3) is 0 Å². The van der Waals surface area contributed by atoms with Gasteiger partial charge in [-0.15, -0.1) is 0 Å². The van der Waals surface area contributed by atoms with Gasteiger partial charge in [-0.05, 0) is 0 Å². The molecule has 0 radical (unpaired) electrons. The Hall–Kier alpha value is -6.60. The Kier molecular flexibility index (Phi) is 7.28. The number of para-hydroxylation sites is 1. The average molecular weight is 805 g/mol. The number of thiophene rings is 1. The predicted molar refractivity (Wildman–Crippen MR) is 243 cm³/mol. The zero-order valence-electron chi connectivity index (χ0n) is 30.8. The number of hydrogen-bond donors (Lipinski definition) is 0. The van der Waals surface area contributed by atoms with Gasteiger partial charge >= 0.3 is 338 Å². The summed E-state index contributed by atoms with van der Waals surface area (Å²) in [6.07, 6.45) is 0. The molecule has 5 heteroatoms. The van der Waals surface area contributed by atoms with Crippen LogP contribution in [0.3, 0.4) is 0 Å². The van der Waals surface area contributed by atoms with Crippen molar-refractivity contribution < 1.29 is 0 Å². The zero-order chi connectivity index (χ0) is 37.5. The van der Waals surface area contributed by atoms with Crippen LogP contribution in [0.5, 0.6) is 0 Å². The van der Waals surface area contributed by atoms with Gasteiger partial charge < -0.3 is 0 Å². The molecule has 266 valence electrons. The van der Waals surface area contributed by atoms with Crippen LogP contribution in [0, 0.1) is 0 Å².